The van der Waals surface area contributed by atoms with E-state index in [-0.39, 0.29) is 24.8 Å². The molecule has 0 aromatic rings. The Labute approximate surface area is 101 Å². The second-order valence-corrected chi connectivity index (χ2v) is 5.47. The van der Waals surface area contributed by atoms with Crippen LogP contribution in [0.2, 0.25) is 0 Å². The molecule has 1 aliphatic carbocycles. The Kier molecular flexibility index (Phi) is 4.84. The molecule has 0 spiro atoms. The van der Waals surface area contributed by atoms with E-state index >= 15 is 0 Å². The molecular formula is C12H23F3N2. The van der Waals surface area contributed by atoms with Gasteiger partial charge in [0.1, 0.15) is 5.54 Å². The van der Waals surface area contributed by atoms with Crippen molar-refractivity contribution in [1.82, 2.24) is 5.32 Å². The second kappa shape index (κ2) is 5.57. The van der Waals surface area contributed by atoms with Gasteiger partial charge in [-0.15, -0.1) is 0 Å². The smallest absolute Gasteiger partial charge is 0.328 e. The van der Waals surface area contributed by atoms with Crippen LogP contribution in [-0.4, -0.2) is 24.3 Å². The molecule has 0 saturated heterocycles. The fraction of sp³-hybridized carbons (Fsp3) is 1.00. The van der Waals surface area contributed by atoms with E-state index in [4.69, 9.17) is 5.73 Å². The number of nitrogens with one attached hydrogen (secondary N) is 1. The second-order valence-electron chi connectivity index (χ2n) is 5.47. The molecule has 1 fully saturated rings. The summed E-state index contributed by atoms with van der Waals surface area (Å²) in [6.45, 7) is 4.38. The van der Waals surface area contributed by atoms with Crippen LogP contribution in [-0.2, 0) is 0 Å². The van der Waals surface area contributed by atoms with Crippen LogP contribution >= 0.6 is 0 Å². The fourth-order valence-corrected chi connectivity index (χ4v) is 1.95. The van der Waals surface area contributed by atoms with Crippen LogP contribution in [0, 0.1) is 5.92 Å². The van der Waals surface area contributed by atoms with E-state index < -0.39 is 11.7 Å². The SMILES string of the molecule is CC(N)CCCC(C)CNC1(C(F)(F)F)CC1. The molecule has 1 aliphatic rings. The van der Waals surface area contributed by atoms with Gasteiger partial charge < -0.3 is 11.1 Å². The number of hydrogen-bond acceptors (Lipinski definition) is 2. The molecular weight excluding hydrogens is 229 g/mol. The number of alkyl halides is 3. The number of nitrogens with two attached hydrogens (primary N) is 1. The van der Waals surface area contributed by atoms with Crippen LogP contribution in [0.1, 0.15) is 46.0 Å². The van der Waals surface area contributed by atoms with E-state index in [1.165, 1.54) is 0 Å². The first-order chi connectivity index (χ1) is 7.77. The van der Waals surface area contributed by atoms with Crippen LogP contribution in [0.15, 0.2) is 0 Å². The molecule has 17 heavy (non-hydrogen) atoms. The summed E-state index contributed by atoms with van der Waals surface area (Å²) in [5.41, 5.74) is 4.06. The third-order valence-electron chi connectivity index (χ3n) is 3.44. The van der Waals surface area contributed by atoms with Gasteiger partial charge in [0.05, 0.1) is 0 Å². The van der Waals surface area contributed by atoms with E-state index in [1.807, 2.05) is 13.8 Å². The Bertz CT molecular complexity index is 234. The largest absolute Gasteiger partial charge is 0.406 e. The molecule has 3 N–H and O–H groups in total. The maximum Gasteiger partial charge on any atom is 0.406 e. The molecule has 0 aliphatic heterocycles. The predicted molar refractivity (Wildman–Crippen MR) is 62.7 cm³/mol. The topological polar surface area (TPSA) is 38.0 Å². The fourth-order valence-electron chi connectivity index (χ4n) is 1.95. The lowest BCUT2D eigenvalue weighted by molar-refractivity contribution is -0.166. The van der Waals surface area contributed by atoms with Crippen molar-refractivity contribution < 1.29 is 13.2 Å². The molecule has 0 radical (unpaired) electrons. The maximum absolute atomic E-state index is 12.6. The first-order valence-corrected chi connectivity index (χ1v) is 6.34. The molecule has 2 atom stereocenters. The van der Waals surface area contributed by atoms with Gasteiger partial charge in [0.15, 0.2) is 0 Å². The highest BCUT2D eigenvalue weighted by atomic mass is 19.4. The number of halogens is 3. The molecule has 2 unspecified atom stereocenters. The normalized spacial score (nSPS) is 22.2. The molecule has 102 valence electrons. The molecule has 1 rings (SSSR count). The Morgan fingerprint density at radius 3 is 2.24 bits per heavy atom. The van der Waals surface area contributed by atoms with E-state index in [0.717, 1.165) is 19.3 Å². The molecule has 0 amide bonds. The average Bonchev–Trinajstić information content (AvgIpc) is 2.93. The number of rotatable bonds is 7. The minimum absolute atomic E-state index is 0.181. The van der Waals surface area contributed by atoms with E-state index in [1.54, 1.807) is 0 Å². The van der Waals surface area contributed by atoms with Crippen molar-refractivity contribution in [3.8, 4) is 0 Å². The monoisotopic (exact) mass is 252 g/mol. The zero-order valence-electron chi connectivity index (χ0n) is 10.6. The van der Waals surface area contributed by atoms with Crippen molar-refractivity contribution in [2.24, 2.45) is 11.7 Å². The summed E-state index contributed by atoms with van der Waals surface area (Å²) in [6.07, 6.45) is -0.790. The molecule has 0 aromatic carbocycles. The van der Waals surface area contributed by atoms with Crippen molar-refractivity contribution in [2.75, 3.05) is 6.54 Å². The summed E-state index contributed by atoms with van der Waals surface area (Å²) in [4.78, 5) is 0. The summed E-state index contributed by atoms with van der Waals surface area (Å²) >= 11 is 0. The highest BCUT2D eigenvalue weighted by Gasteiger charge is 2.62. The van der Waals surface area contributed by atoms with Crippen LogP contribution in [0.3, 0.4) is 0 Å². The van der Waals surface area contributed by atoms with Crippen molar-refractivity contribution in [1.29, 1.82) is 0 Å². The van der Waals surface area contributed by atoms with Crippen LogP contribution in [0.5, 0.6) is 0 Å². The van der Waals surface area contributed by atoms with Gasteiger partial charge >= 0.3 is 6.18 Å². The predicted octanol–water partition coefficient (Wildman–Crippen LogP) is 2.82. The molecule has 5 heteroatoms. The van der Waals surface area contributed by atoms with Crippen LogP contribution < -0.4 is 11.1 Å². The van der Waals surface area contributed by atoms with Crippen molar-refractivity contribution >= 4 is 0 Å². The standard InChI is InChI=1S/C12H23F3N2/c1-9(4-3-5-10(2)16)8-17-11(6-7-11)12(13,14)15/h9-10,17H,3-8,16H2,1-2H3. The van der Waals surface area contributed by atoms with Gasteiger partial charge in [0.2, 0.25) is 0 Å². The van der Waals surface area contributed by atoms with Crippen molar-refractivity contribution in [3.05, 3.63) is 0 Å². The molecule has 0 heterocycles. The molecule has 0 aromatic heterocycles. The Hall–Kier alpha value is -0.290. The minimum Gasteiger partial charge on any atom is -0.328 e. The van der Waals surface area contributed by atoms with Gasteiger partial charge in [-0.1, -0.05) is 13.3 Å². The van der Waals surface area contributed by atoms with Gasteiger partial charge in [-0.05, 0) is 45.1 Å². The average molecular weight is 252 g/mol. The Morgan fingerprint density at radius 2 is 1.82 bits per heavy atom. The third-order valence-corrected chi connectivity index (χ3v) is 3.44. The van der Waals surface area contributed by atoms with E-state index in [2.05, 4.69) is 5.32 Å². The zero-order valence-corrected chi connectivity index (χ0v) is 10.6. The van der Waals surface area contributed by atoms with Gasteiger partial charge in [-0.25, -0.2) is 0 Å². The quantitative estimate of drug-likeness (QED) is 0.731. The summed E-state index contributed by atoms with van der Waals surface area (Å²) in [6, 6.07) is 0.181. The Morgan fingerprint density at radius 1 is 1.24 bits per heavy atom. The summed E-state index contributed by atoms with van der Waals surface area (Å²) in [5, 5.41) is 2.69. The lowest BCUT2D eigenvalue weighted by Gasteiger charge is -2.23. The summed E-state index contributed by atoms with van der Waals surface area (Å²) < 4.78 is 37.9. The first-order valence-electron chi connectivity index (χ1n) is 6.34. The van der Waals surface area contributed by atoms with Gasteiger partial charge in [0.25, 0.3) is 0 Å². The first kappa shape index (κ1) is 14.8. The molecule has 2 nitrogen and oxygen atoms in total. The van der Waals surface area contributed by atoms with Crippen molar-refractivity contribution in [2.45, 2.75) is 63.7 Å². The Balaban J connectivity index is 2.18. The number of hydrogen-bond donors (Lipinski definition) is 2. The van der Waals surface area contributed by atoms with E-state index in [9.17, 15) is 13.2 Å². The maximum atomic E-state index is 12.6. The minimum atomic E-state index is -4.10. The van der Waals surface area contributed by atoms with Crippen LogP contribution in [0.25, 0.3) is 0 Å². The summed E-state index contributed by atoms with van der Waals surface area (Å²) in [5.74, 6) is 0.272. The van der Waals surface area contributed by atoms with Gasteiger partial charge in [0, 0.05) is 6.04 Å². The highest BCUT2D eigenvalue weighted by Crippen LogP contribution is 2.48. The summed E-state index contributed by atoms with van der Waals surface area (Å²) in [7, 11) is 0. The van der Waals surface area contributed by atoms with E-state index in [0.29, 0.717) is 6.54 Å². The lowest BCUT2D eigenvalue weighted by Crippen LogP contribution is -2.46. The van der Waals surface area contributed by atoms with Gasteiger partial charge in [-0.2, -0.15) is 13.2 Å². The lowest BCUT2D eigenvalue weighted by atomic mass is 10.0. The molecule has 0 bridgehead atoms. The third kappa shape index (κ3) is 4.47. The zero-order chi connectivity index (χ0) is 13.1. The van der Waals surface area contributed by atoms with Crippen molar-refractivity contribution in [3.63, 3.8) is 0 Å². The molecule has 1 saturated carbocycles. The van der Waals surface area contributed by atoms with Gasteiger partial charge in [-0.3, -0.25) is 0 Å². The highest BCUT2D eigenvalue weighted by molar-refractivity contribution is 5.07. The van der Waals surface area contributed by atoms with Crippen LogP contribution in [0.4, 0.5) is 13.2 Å².